The maximum Gasteiger partial charge on any atom is 0.311 e. The third-order valence-corrected chi connectivity index (χ3v) is 3.51. The molecular formula is C15H28O3. The van der Waals surface area contributed by atoms with Gasteiger partial charge in [-0.05, 0) is 20.3 Å². The van der Waals surface area contributed by atoms with Crippen molar-refractivity contribution >= 4 is 5.97 Å². The van der Waals surface area contributed by atoms with Crippen molar-refractivity contribution in [1.29, 1.82) is 0 Å². The average Bonchev–Trinajstić information content (AvgIpc) is 3.14. The molecule has 0 radical (unpaired) electrons. The number of hydrogen-bond acceptors (Lipinski definition) is 3. The Morgan fingerprint density at radius 1 is 1.22 bits per heavy atom. The molecular weight excluding hydrogens is 228 g/mol. The third-order valence-electron chi connectivity index (χ3n) is 3.51. The standard InChI is InChI=1S/C15H28O3/c1-4-5-6-7-8-9-10-15(2,3)14(16)18-12-13-11-17-13/h13H,4-12H2,1-3H3. The number of unbranched alkanes of at least 4 members (excludes halogenated alkanes) is 5. The van der Waals surface area contributed by atoms with E-state index >= 15 is 0 Å². The SMILES string of the molecule is CCCCCCCCC(C)(C)C(=O)OCC1CO1. The van der Waals surface area contributed by atoms with E-state index in [9.17, 15) is 4.79 Å². The highest BCUT2D eigenvalue weighted by molar-refractivity contribution is 5.75. The predicted molar refractivity (Wildman–Crippen MR) is 72.5 cm³/mol. The fraction of sp³-hybridized carbons (Fsp3) is 0.933. The van der Waals surface area contributed by atoms with Gasteiger partial charge < -0.3 is 9.47 Å². The molecule has 0 bridgehead atoms. The van der Waals surface area contributed by atoms with Crippen LogP contribution in [0.25, 0.3) is 0 Å². The molecule has 1 saturated heterocycles. The molecule has 0 aliphatic carbocycles. The Hall–Kier alpha value is -0.570. The first-order valence-electron chi connectivity index (χ1n) is 7.35. The highest BCUT2D eigenvalue weighted by Crippen LogP contribution is 2.26. The van der Waals surface area contributed by atoms with E-state index in [1.807, 2.05) is 13.8 Å². The van der Waals surface area contributed by atoms with Crippen molar-refractivity contribution < 1.29 is 14.3 Å². The van der Waals surface area contributed by atoms with Crippen molar-refractivity contribution in [3.8, 4) is 0 Å². The van der Waals surface area contributed by atoms with E-state index in [0.717, 1.165) is 19.4 Å². The molecule has 1 aliphatic rings. The van der Waals surface area contributed by atoms with E-state index in [2.05, 4.69) is 6.92 Å². The summed E-state index contributed by atoms with van der Waals surface area (Å²) in [6.45, 7) is 7.36. The Bertz CT molecular complexity index is 244. The van der Waals surface area contributed by atoms with Gasteiger partial charge in [0.25, 0.3) is 0 Å². The zero-order valence-electron chi connectivity index (χ0n) is 12.2. The molecule has 106 valence electrons. The third kappa shape index (κ3) is 6.39. The monoisotopic (exact) mass is 256 g/mol. The van der Waals surface area contributed by atoms with Crippen LogP contribution in [0.2, 0.25) is 0 Å². The molecule has 0 amide bonds. The minimum Gasteiger partial charge on any atom is -0.462 e. The summed E-state index contributed by atoms with van der Waals surface area (Å²) in [7, 11) is 0. The molecule has 3 heteroatoms. The summed E-state index contributed by atoms with van der Waals surface area (Å²) in [5.41, 5.74) is -0.348. The second-order valence-electron chi connectivity index (χ2n) is 5.96. The number of carbonyl (C=O) groups is 1. The van der Waals surface area contributed by atoms with Gasteiger partial charge in [-0.25, -0.2) is 0 Å². The number of carbonyl (C=O) groups excluding carboxylic acids is 1. The van der Waals surface area contributed by atoms with Crippen LogP contribution in [0.1, 0.15) is 65.7 Å². The highest BCUT2D eigenvalue weighted by atomic mass is 16.6. The van der Waals surface area contributed by atoms with Crippen LogP contribution in [0.5, 0.6) is 0 Å². The van der Waals surface area contributed by atoms with Gasteiger partial charge in [0.15, 0.2) is 0 Å². The number of epoxide rings is 1. The molecule has 1 atom stereocenters. The van der Waals surface area contributed by atoms with Crippen LogP contribution >= 0.6 is 0 Å². The van der Waals surface area contributed by atoms with Gasteiger partial charge in [0, 0.05) is 0 Å². The quantitative estimate of drug-likeness (QED) is 0.340. The largest absolute Gasteiger partial charge is 0.462 e. The van der Waals surface area contributed by atoms with Crippen molar-refractivity contribution in [1.82, 2.24) is 0 Å². The van der Waals surface area contributed by atoms with E-state index in [-0.39, 0.29) is 17.5 Å². The first-order chi connectivity index (χ1) is 8.56. The van der Waals surface area contributed by atoms with Crippen LogP contribution < -0.4 is 0 Å². The smallest absolute Gasteiger partial charge is 0.311 e. The van der Waals surface area contributed by atoms with Crippen molar-refractivity contribution in [3.63, 3.8) is 0 Å². The molecule has 0 aromatic rings. The van der Waals surface area contributed by atoms with Crippen LogP contribution in [0, 0.1) is 5.41 Å². The zero-order valence-corrected chi connectivity index (χ0v) is 12.2. The topological polar surface area (TPSA) is 38.8 Å². The Balaban J connectivity index is 2.06. The number of hydrogen-bond donors (Lipinski definition) is 0. The minimum atomic E-state index is -0.348. The molecule has 0 spiro atoms. The van der Waals surface area contributed by atoms with Gasteiger partial charge in [0.2, 0.25) is 0 Å². The van der Waals surface area contributed by atoms with Gasteiger partial charge in [-0.15, -0.1) is 0 Å². The van der Waals surface area contributed by atoms with Gasteiger partial charge in [0.1, 0.15) is 12.7 Å². The molecule has 0 aromatic heterocycles. The van der Waals surface area contributed by atoms with Crippen LogP contribution in [0.15, 0.2) is 0 Å². The normalized spacial score (nSPS) is 18.7. The molecule has 1 unspecified atom stereocenters. The van der Waals surface area contributed by atoms with Crippen molar-refractivity contribution in [3.05, 3.63) is 0 Å². The first-order valence-corrected chi connectivity index (χ1v) is 7.35. The molecule has 1 aliphatic heterocycles. The summed E-state index contributed by atoms with van der Waals surface area (Å²) in [4.78, 5) is 11.9. The van der Waals surface area contributed by atoms with Gasteiger partial charge in [-0.2, -0.15) is 0 Å². The van der Waals surface area contributed by atoms with Crippen molar-refractivity contribution in [2.75, 3.05) is 13.2 Å². The summed E-state index contributed by atoms with van der Waals surface area (Å²) in [5.74, 6) is -0.0773. The van der Waals surface area contributed by atoms with Gasteiger partial charge in [-0.1, -0.05) is 45.4 Å². The van der Waals surface area contributed by atoms with Crippen LogP contribution in [0.4, 0.5) is 0 Å². The molecule has 0 N–H and O–H groups in total. The molecule has 1 rings (SSSR count). The van der Waals surface area contributed by atoms with E-state index in [4.69, 9.17) is 9.47 Å². The summed E-state index contributed by atoms with van der Waals surface area (Å²) in [5, 5.41) is 0. The van der Waals surface area contributed by atoms with Gasteiger partial charge in [0.05, 0.1) is 12.0 Å². The number of rotatable bonds is 10. The molecule has 0 saturated carbocycles. The molecule has 0 aromatic carbocycles. The van der Waals surface area contributed by atoms with Crippen LogP contribution in [-0.4, -0.2) is 25.3 Å². The summed E-state index contributed by atoms with van der Waals surface area (Å²) in [6, 6.07) is 0. The summed E-state index contributed by atoms with van der Waals surface area (Å²) < 4.78 is 10.3. The average molecular weight is 256 g/mol. The Morgan fingerprint density at radius 2 is 1.83 bits per heavy atom. The van der Waals surface area contributed by atoms with E-state index in [1.165, 1.54) is 32.1 Å². The molecule has 3 nitrogen and oxygen atoms in total. The molecule has 18 heavy (non-hydrogen) atoms. The first kappa shape index (κ1) is 15.5. The Labute approximate surface area is 111 Å². The van der Waals surface area contributed by atoms with Crippen molar-refractivity contribution in [2.24, 2.45) is 5.41 Å². The van der Waals surface area contributed by atoms with Gasteiger partial charge in [-0.3, -0.25) is 4.79 Å². The maximum absolute atomic E-state index is 11.9. The Morgan fingerprint density at radius 3 is 2.44 bits per heavy atom. The molecule has 1 fully saturated rings. The van der Waals surface area contributed by atoms with E-state index < -0.39 is 0 Å². The highest BCUT2D eigenvalue weighted by Gasteiger charge is 2.31. The Kier molecular flexibility index (Phi) is 6.69. The molecule has 1 heterocycles. The second-order valence-corrected chi connectivity index (χ2v) is 5.96. The fourth-order valence-corrected chi connectivity index (χ4v) is 1.98. The lowest BCUT2D eigenvalue weighted by atomic mass is 9.87. The maximum atomic E-state index is 11.9. The predicted octanol–water partition coefficient (Wildman–Crippen LogP) is 3.71. The van der Waals surface area contributed by atoms with Crippen molar-refractivity contribution in [2.45, 2.75) is 71.8 Å². The number of esters is 1. The van der Waals surface area contributed by atoms with Crippen LogP contribution in [0.3, 0.4) is 0 Å². The van der Waals surface area contributed by atoms with Gasteiger partial charge >= 0.3 is 5.97 Å². The lowest BCUT2D eigenvalue weighted by Crippen LogP contribution is -2.27. The van der Waals surface area contributed by atoms with E-state index in [1.54, 1.807) is 0 Å². The minimum absolute atomic E-state index is 0.0773. The summed E-state index contributed by atoms with van der Waals surface area (Å²) in [6.07, 6.45) is 8.64. The zero-order chi connectivity index (χ0) is 13.4. The summed E-state index contributed by atoms with van der Waals surface area (Å²) >= 11 is 0. The lowest BCUT2D eigenvalue weighted by Gasteiger charge is -2.22. The second kappa shape index (κ2) is 7.78. The van der Waals surface area contributed by atoms with Crippen LogP contribution in [-0.2, 0) is 14.3 Å². The van der Waals surface area contributed by atoms with E-state index in [0.29, 0.717) is 6.61 Å². The number of ether oxygens (including phenoxy) is 2. The lowest BCUT2D eigenvalue weighted by molar-refractivity contribution is -0.154. The fourth-order valence-electron chi connectivity index (χ4n) is 1.98.